The average Bonchev–Trinajstić information content (AvgIpc) is 3.11. The molecule has 1 N–H and O–H groups in total. The van der Waals surface area contributed by atoms with E-state index in [-0.39, 0.29) is 11.9 Å². The highest BCUT2D eigenvalue weighted by Crippen LogP contribution is 2.31. The molecule has 24 heavy (non-hydrogen) atoms. The minimum atomic E-state index is -0.0494. The molecule has 0 aliphatic carbocycles. The van der Waals surface area contributed by atoms with Crippen molar-refractivity contribution >= 4 is 17.2 Å². The van der Waals surface area contributed by atoms with E-state index in [9.17, 15) is 4.79 Å². The largest absolute Gasteiger partial charge is 0.496 e. The highest BCUT2D eigenvalue weighted by atomic mass is 32.1. The molecule has 1 aromatic carbocycles. The van der Waals surface area contributed by atoms with Crippen molar-refractivity contribution in [3.63, 3.8) is 0 Å². The second-order valence-electron chi connectivity index (χ2n) is 6.19. The molecule has 1 saturated heterocycles. The van der Waals surface area contributed by atoms with Gasteiger partial charge in [-0.05, 0) is 6.07 Å². The summed E-state index contributed by atoms with van der Waals surface area (Å²) < 4.78 is 5.49. The molecule has 0 radical (unpaired) electrons. The van der Waals surface area contributed by atoms with E-state index in [2.05, 4.69) is 24.1 Å². The van der Waals surface area contributed by atoms with Crippen LogP contribution in [0.1, 0.15) is 46.9 Å². The van der Waals surface area contributed by atoms with E-state index in [0.717, 1.165) is 22.9 Å². The summed E-state index contributed by atoms with van der Waals surface area (Å²) in [6, 6.07) is 7.84. The number of para-hydroxylation sites is 1. The Kier molecular flexibility index (Phi) is 5.16. The van der Waals surface area contributed by atoms with E-state index >= 15 is 0 Å². The third-order valence-electron chi connectivity index (χ3n) is 4.24. The van der Waals surface area contributed by atoms with E-state index in [1.807, 2.05) is 34.5 Å². The molecule has 0 spiro atoms. The summed E-state index contributed by atoms with van der Waals surface area (Å²) in [5.74, 6) is 1.14. The smallest absolute Gasteiger partial charge is 0.273 e. The molecule has 128 valence electrons. The van der Waals surface area contributed by atoms with Crippen LogP contribution >= 0.6 is 11.3 Å². The molecule has 1 fully saturated rings. The van der Waals surface area contributed by atoms with Crippen molar-refractivity contribution in [3.05, 3.63) is 45.9 Å². The van der Waals surface area contributed by atoms with Crippen LogP contribution in [0.15, 0.2) is 29.6 Å². The van der Waals surface area contributed by atoms with Gasteiger partial charge in [-0.15, -0.1) is 11.3 Å². The molecule has 2 aromatic rings. The van der Waals surface area contributed by atoms with Gasteiger partial charge in [-0.1, -0.05) is 32.0 Å². The predicted octanol–water partition coefficient (Wildman–Crippen LogP) is 3.06. The summed E-state index contributed by atoms with van der Waals surface area (Å²) in [5.41, 5.74) is 1.57. The number of carbonyl (C=O) groups is 1. The first-order chi connectivity index (χ1) is 11.6. The number of benzene rings is 1. The number of rotatable bonds is 4. The zero-order chi connectivity index (χ0) is 17.1. The van der Waals surface area contributed by atoms with Gasteiger partial charge in [0.15, 0.2) is 0 Å². The number of carbonyl (C=O) groups excluding carboxylic acids is 1. The van der Waals surface area contributed by atoms with Gasteiger partial charge in [0, 0.05) is 36.5 Å². The van der Waals surface area contributed by atoms with Crippen molar-refractivity contribution in [2.24, 2.45) is 0 Å². The van der Waals surface area contributed by atoms with Gasteiger partial charge in [0.05, 0.1) is 18.2 Å². The van der Waals surface area contributed by atoms with Crippen LogP contribution in [0, 0.1) is 0 Å². The highest BCUT2D eigenvalue weighted by molar-refractivity contribution is 7.09. The van der Waals surface area contributed by atoms with Gasteiger partial charge in [-0.2, -0.15) is 0 Å². The first-order valence-corrected chi connectivity index (χ1v) is 9.09. The fourth-order valence-corrected chi connectivity index (χ4v) is 3.77. The SMILES string of the molecule is COc1ccccc1C1CNCCN1C(=O)c1csc(C(C)C)n1. The van der Waals surface area contributed by atoms with E-state index in [4.69, 9.17) is 4.74 Å². The fraction of sp³-hybridized carbons (Fsp3) is 0.444. The maximum Gasteiger partial charge on any atom is 0.273 e. The second-order valence-corrected chi connectivity index (χ2v) is 7.08. The second kappa shape index (κ2) is 7.32. The zero-order valence-electron chi connectivity index (χ0n) is 14.3. The molecule has 1 aliphatic rings. The van der Waals surface area contributed by atoms with Crippen LogP contribution < -0.4 is 10.1 Å². The Morgan fingerprint density at radius 3 is 2.92 bits per heavy atom. The van der Waals surface area contributed by atoms with Gasteiger partial charge in [0.2, 0.25) is 0 Å². The Hall–Kier alpha value is -1.92. The third-order valence-corrected chi connectivity index (χ3v) is 5.38. The number of hydrogen-bond acceptors (Lipinski definition) is 5. The van der Waals surface area contributed by atoms with Crippen molar-refractivity contribution in [3.8, 4) is 5.75 Å². The maximum absolute atomic E-state index is 13.0. The van der Waals surface area contributed by atoms with E-state index in [1.54, 1.807) is 18.4 Å². The van der Waals surface area contributed by atoms with Crippen LogP contribution in [0.5, 0.6) is 5.75 Å². The first kappa shape index (κ1) is 16.9. The number of hydrogen-bond donors (Lipinski definition) is 1. The topological polar surface area (TPSA) is 54.5 Å². The number of amides is 1. The lowest BCUT2D eigenvalue weighted by Gasteiger charge is -2.36. The summed E-state index contributed by atoms with van der Waals surface area (Å²) in [6.07, 6.45) is 0. The summed E-state index contributed by atoms with van der Waals surface area (Å²) in [5, 5.41) is 6.25. The summed E-state index contributed by atoms with van der Waals surface area (Å²) in [4.78, 5) is 19.5. The van der Waals surface area contributed by atoms with Crippen LogP contribution in [0.2, 0.25) is 0 Å². The van der Waals surface area contributed by atoms with Crippen molar-refractivity contribution in [1.82, 2.24) is 15.2 Å². The molecule has 6 heteroatoms. The molecule has 1 aromatic heterocycles. The lowest BCUT2D eigenvalue weighted by atomic mass is 10.0. The predicted molar refractivity (Wildman–Crippen MR) is 95.8 cm³/mol. The Bertz CT molecular complexity index is 714. The molecule has 1 aliphatic heterocycles. The standard InChI is InChI=1S/C18H23N3O2S/c1-12(2)17-20-14(11-24-17)18(22)21-9-8-19-10-15(21)13-6-4-5-7-16(13)23-3/h4-7,11-12,15,19H,8-10H2,1-3H3. The lowest BCUT2D eigenvalue weighted by molar-refractivity contribution is 0.0626. The number of methoxy groups -OCH3 is 1. The van der Waals surface area contributed by atoms with Gasteiger partial charge in [0.1, 0.15) is 11.4 Å². The maximum atomic E-state index is 13.0. The third kappa shape index (κ3) is 3.30. The van der Waals surface area contributed by atoms with Crippen molar-refractivity contribution in [1.29, 1.82) is 0 Å². The minimum absolute atomic E-state index is 0.00411. The van der Waals surface area contributed by atoms with E-state index in [1.165, 1.54) is 0 Å². The molecular weight excluding hydrogens is 322 g/mol. The average molecular weight is 345 g/mol. The highest BCUT2D eigenvalue weighted by Gasteiger charge is 2.31. The van der Waals surface area contributed by atoms with Crippen molar-refractivity contribution in [2.45, 2.75) is 25.8 Å². The van der Waals surface area contributed by atoms with Crippen molar-refractivity contribution < 1.29 is 9.53 Å². The summed E-state index contributed by atoms with van der Waals surface area (Å²) >= 11 is 1.56. The quantitative estimate of drug-likeness (QED) is 0.925. The Morgan fingerprint density at radius 2 is 2.21 bits per heavy atom. The van der Waals surface area contributed by atoms with Crippen LogP contribution in [-0.4, -0.2) is 42.5 Å². The minimum Gasteiger partial charge on any atom is -0.496 e. The molecule has 1 unspecified atom stereocenters. The van der Waals surface area contributed by atoms with Crippen molar-refractivity contribution in [2.75, 3.05) is 26.7 Å². The van der Waals surface area contributed by atoms with Gasteiger partial charge in [-0.3, -0.25) is 4.79 Å². The number of nitrogens with zero attached hydrogens (tertiary/aromatic N) is 2. The van der Waals surface area contributed by atoms with Crippen LogP contribution in [0.4, 0.5) is 0 Å². The monoisotopic (exact) mass is 345 g/mol. The fourth-order valence-electron chi connectivity index (χ4n) is 2.97. The molecule has 2 heterocycles. The van der Waals surface area contributed by atoms with E-state index in [0.29, 0.717) is 24.7 Å². The Balaban J connectivity index is 1.90. The van der Waals surface area contributed by atoms with Crippen LogP contribution in [-0.2, 0) is 0 Å². The Labute approximate surface area is 146 Å². The van der Waals surface area contributed by atoms with Gasteiger partial charge >= 0.3 is 0 Å². The summed E-state index contributed by atoms with van der Waals surface area (Å²) in [6.45, 7) is 6.35. The molecule has 1 atom stereocenters. The molecular formula is C18H23N3O2S. The lowest BCUT2D eigenvalue weighted by Crippen LogP contribution is -2.48. The molecule has 1 amide bonds. The number of ether oxygens (including phenoxy) is 1. The summed E-state index contributed by atoms with van der Waals surface area (Å²) in [7, 11) is 1.66. The molecule has 3 rings (SSSR count). The van der Waals surface area contributed by atoms with Crippen LogP contribution in [0.3, 0.4) is 0 Å². The first-order valence-electron chi connectivity index (χ1n) is 8.22. The number of nitrogens with one attached hydrogen (secondary N) is 1. The molecule has 5 nitrogen and oxygen atoms in total. The van der Waals surface area contributed by atoms with E-state index < -0.39 is 0 Å². The number of aromatic nitrogens is 1. The number of piperazine rings is 1. The number of thiazole rings is 1. The zero-order valence-corrected chi connectivity index (χ0v) is 15.1. The van der Waals surface area contributed by atoms with Gasteiger partial charge < -0.3 is 15.0 Å². The molecule has 0 bridgehead atoms. The normalized spacial score (nSPS) is 18.0. The van der Waals surface area contributed by atoms with Gasteiger partial charge in [0.25, 0.3) is 5.91 Å². The Morgan fingerprint density at radius 1 is 1.42 bits per heavy atom. The van der Waals surface area contributed by atoms with Gasteiger partial charge in [-0.25, -0.2) is 4.98 Å². The van der Waals surface area contributed by atoms with Crippen LogP contribution in [0.25, 0.3) is 0 Å². The molecule has 0 saturated carbocycles.